The van der Waals surface area contributed by atoms with E-state index in [9.17, 15) is 9.59 Å². The summed E-state index contributed by atoms with van der Waals surface area (Å²) < 4.78 is 1.63. The number of hydrogen-bond donors (Lipinski definition) is 2. The van der Waals surface area contributed by atoms with Gasteiger partial charge in [0.15, 0.2) is 5.82 Å². The maximum atomic E-state index is 12.2. The lowest BCUT2D eigenvalue weighted by Crippen LogP contribution is -2.35. The summed E-state index contributed by atoms with van der Waals surface area (Å²) in [5.41, 5.74) is -0.458. The number of hydrogen-bond acceptors (Lipinski definition) is 4. The Bertz CT molecular complexity index is 517. The summed E-state index contributed by atoms with van der Waals surface area (Å²) in [7, 11) is 0. The van der Waals surface area contributed by atoms with Crippen LogP contribution in [0.15, 0.2) is 17.2 Å². The first kappa shape index (κ1) is 16.2. The number of aromatic nitrogens is 2. The molecule has 0 fully saturated rings. The fourth-order valence-electron chi connectivity index (χ4n) is 1.80. The summed E-state index contributed by atoms with van der Waals surface area (Å²) in [4.78, 5) is 26.9. The molecular formula is C14H23N3O3. The van der Waals surface area contributed by atoms with Crippen molar-refractivity contribution in [1.82, 2.24) is 9.55 Å². The van der Waals surface area contributed by atoms with Crippen LogP contribution in [0, 0.1) is 5.92 Å². The summed E-state index contributed by atoms with van der Waals surface area (Å²) >= 11 is 0. The zero-order chi connectivity index (χ0) is 15.3. The van der Waals surface area contributed by atoms with Gasteiger partial charge in [-0.25, -0.2) is 4.98 Å². The maximum absolute atomic E-state index is 12.2. The third-order valence-corrected chi connectivity index (χ3v) is 3.09. The highest BCUT2D eigenvalue weighted by atomic mass is 16.4. The first-order valence-corrected chi connectivity index (χ1v) is 6.78. The number of nitrogens with zero attached hydrogens (tertiary/aromatic N) is 2. The van der Waals surface area contributed by atoms with Gasteiger partial charge in [-0.05, 0) is 33.6 Å². The molecule has 0 bridgehead atoms. The molecule has 0 saturated carbocycles. The van der Waals surface area contributed by atoms with E-state index in [1.807, 2.05) is 20.8 Å². The summed E-state index contributed by atoms with van der Waals surface area (Å²) in [6.07, 6.45) is 4.51. The molecule has 20 heavy (non-hydrogen) atoms. The number of carboxylic acid groups (broad SMARTS) is 1. The maximum Gasteiger partial charge on any atom is 0.306 e. The van der Waals surface area contributed by atoms with Crippen LogP contribution >= 0.6 is 0 Å². The molecule has 1 aromatic rings. The number of nitrogens with one attached hydrogen (secondary N) is 1. The van der Waals surface area contributed by atoms with Crippen LogP contribution in [0.5, 0.6) is 0 Å². The Kier molecular flexibility index (Phi) is 5.30. The number of anilines is 1. The lowest BCUT2D eigenvalue weighted by molar-refractivity contribution is -0.141. The normalized spacial score (nSPS) is 13.0. The highest BCUT2D eigenvalue weighted by molar-refractivity contribution is 5.69. The molecule has 0 aliphatic carbocycles. The topological polar surface area (TPSA) is 84.2 Å². The van der Waals surface area contributed by atoms with Gasteiger partial charge in [-0.1, -0.05) is 6.92 Å². The van der Waals surface area contributed by atoms with Crippen molar-refractivity contribution < 1.29 is 9.90 Å². The second-order valence-electron chi connectivity index (χ2n) is 5.93. The van der Waals surface area contributed by atoms with E-state index in [2.05, 4.69) is 10.3 Å². The fourth-order valence-corrected chi connectivity index (χ4v) is 1.80. The second kappa shape index (κ2) is 6.54. The third kappa shape index (κ3) is 4.36. The Labute approximate surface area is 118 Å². The van der Waals surface area contributed by atoms with Crippen LogP contribution in [0.2, 0.25) is 0 Å². The van der Waals surface area contributed by atoms with Crippen molar-refractivity contribution in [3.8, 4) is 0 Å². The van der Waals surface area contributed by atoms with Crippen molar-refractivity contribution in [3.05, 3.63) is 22.7 Å². The van der Waals surface area contributed by atoms with Gasteiger partial charge in [0.05, 0.1) is 5.92 Å². The lowest BCUT2D eigenvalue weighted by atomic mass is 10.1. The number of carbonyl (C=O) groups is 1. The van der Waals surface area contributed by atoms with Gasteiger partial charge in [0.25, 0.3) is 5.56 Å². The van der Waals surface area contributed by atoms with Crippen molar-refractivity contribution in [2.24, 2.45) is 5.92 Å². The quantitative estimate of drug-likeness (QED) is 0.778. The third-order valence-electron chi connectivity index (χ3n) is 3.09. The molecule has 1 unspecified atom stereocenters. The molecule has 1 heterocycles. The number of rotatable bonds is 6. The van der Waals surface area contributed by atoms with Gasteiger partial charge in [-0.3, -0.25) is 9.59 Å². The molecule has 0 spiro atoms. The molecule has 0 aliphatic rings. The molecule has 112 valence electrons. The highest BCUT2D eigenvalue weighted by Crippen LogP contribution is 2.11. The monoisotopic (exact) mass is 281 g/mol. The van der Waals surface area contributed by atoms with E-state index in [1.54, 1.807) is 23.9 Å². The second-order valence-corrected chi connectivity index (χ2v) is 5.93. The van der Waals surface area contributed by atoms with E-state index in [0.717, 1.165) is 0 Å². The van der Waals surface area contributed by atoms with Gasteiger partial charge in [-0.15, -0.1) is 0 Å². The molecule has 6 heteroatoms. The molecule has 0 amide bonds. The molecule has 0 radical (unpaired) electrons. The van der Waals surface area contributed by atoms with Gasteiger partial charge in [0.1, 0.15) is 0 Å². The zero-order valence-corrected chi connectivity index (χ0v) is 12.5. The van der Waals surface area contributed by atoms with Gasteiger partial charge >= 0.3 is 5.97 Å². The minimum absolute atomic E-state index is 0.161. The van der Waals surface area contributed by atoms with Gasteiger partial charge in [0.2, 0.25) is 0 Å². The molecule has 1 rings (SSSR count). The Morgan fingerprint density at radius 3 is 2.70 bits per heavy atom. The Morgan fingerprint density at radius 2 is 2.15 bits per heavy atom. The van der Waals surface area contributed by atoms with Crippen molar-refractivity contribution in [2.45, 2.75) is 46.1 Å². The average molecular weight is 281 g/mol. The summed E-state index contributed by atoms with van der Waals surface area (Å²) in [6, 6.07) is 0. The average Bonchev–Trinajstić information content (AvgIpc) is 2.34. The predicted octanol–water partition coefficient (Wildman–Crippen LogP) is 1.91. The summed E-state index contributed by atoms with van der Waals surface area (Å²) in [5.74, 6) is -0.852. The Morgan fingerprint density at radius 1 is 1.50 bits per heavy atom. The standard InChI is InChI=1S/C14H23N3O3/c1-10(13(19)20)6-5-7-15-11-12(18)17(9-8-16-11)14(2,3)4/h8-10H,5-7H2,1-4H3,(H,15,16)(H,19,20). The summed E-state index contributed by atoms with van der Waals surface area (Å²) in [5, 5.41) is 11.8. The van der Waals surface area contributed by atoms with Crippen molar-refractivity contribution in [2.75, 3.05) is 11.9 Å². The molecule has 6 nitrogen and oxygen atoms in total. The first-order chi connectivity index (χ1) is 9.23. The van der Waals surface area contributed by atoms with E-state index in [1.165, 1.54) is 0 Å². The summed E-state index contributed by atoms with van der Waals surface area (Å²) in [6.45, 7) is 8.07. The van der Waals surface area contributed by atoms with Crippen molar-refractivity contribution >= 4 is 11.8 Å². The van der Waals surface area contributed by atoms with E-state index in [-0.39, 0.29) is 17.0 Å². The predicted molar refractivity (Wildman–Crippen MR) is 78.0 cm³/mol. The van der Waals surface area contributed by atoms with E-state index in [4.69, 9.17) is 5.11 Å². The minimum Gasteiger partial charge on any atom is -0.481 e. The molecule has 0 aromatic carbocycles. The van der Waals surface area contributed by atoms with Gasteiger partial charge in [-0.2, -0.15) is 0 Å². The lowest BCUT2D eigenvalue weighted by Gasteiger charge is -2.22. The fraction of sp³-hybridized carbons (Fsp3) is 0.643. The number of aliphatic carboxylic acids is 1. The smallest absolute Gasteiger partial charge is 0.306 e. The molecule has 1 aromatic heterocycles. The minimum atomic E-state index is -0.794. The van der Waals surface area contributed by atoms with Crippen molar-refractivity contribution in [3.63, 3.8) is 0 Å². The molecular weight excluding hydrogens is 258 g/mol. The largest absolute Gasteiger partial charge is 0.481 e. The Balaban J connectivity index is 2.62. The van der Waals surface area contributed by atoms with E-state index >= 15 is 0 Å². The van der Waals surface area contributed by atoms with Gasteiger partial charge in [0, 0.05) is 24.5 Å². The SMILES string of the molecule is CC(CCCNc1nccn(C(C)(C)C)c1=O)C(=O)O. The van der Waals surface area contributed by atoms with Crippen LogP contribution in [-0.2, 0) is 10.3 Å². The van der Waals surface area contributed by atoms with Crippen LogP contribution in [-0.4, -0.2) is 27.2 Å². The number of carboxylic acids is 1. The zero-order valence-electron chi connectivity index (χ0n) is 12.5. The van der Waals surface area contributed by atoms with Crippen LogP contribution in [0.1, 0.15) is 40.5 Å². The van der Waals surface area contributed by atoms with E-state index < -0.39 is 5.97 Å². The van der Waals surface area contributed by atoms with E-state index in [0.29, 0.717) is 25.2 Å². The molecule has 2 N–H and O–H groups in total. The van der Waals surface area contributed by atoms with Crippen molar-refractivity contribution in [1.29, 1.82) is 0 Å². The van der Waals surface area contributed by atoms with Gasteiger partial charge < -0.3 is 15.0 Å². The molecule has 0 saturated heterocycles. The van der Waals surface area contributed by atoms with Crippen LogP contribution in [0.4, 0.5) is 5.82 Å². The van der Waals surface area contributed by atoms with Crippen LogP contribution in [0.3, 0.4) is 0 Å². The highest BCUT2D eigenvalue weighted by Gasteiger charge is 2.16. The molecule has 0 aliphatic heterocycles. The van der Waals surface area contributed by atoms with Crippen LogP contribution in [0.25, 0.3) is 0 Å². The first-order valence-electron chi connectivity index (χ1n) is 6.78. The van der Waals surface area contributed by atoms with Crippen LogP contribution < -0.4 is 10.9 Å². The Hall–Kier alpha value is -1.85. The molecule has 1 atom stereocenters.